The van der Waals surface area contributed by atoms with Crippen LogP contribution in [0.4, 0.5) is 23.1 Å². The molecule has 0 aliphatic carbocycles. The summed E-state index contributed by atoms with van der Waals surface area (Å²) in [6, 6.07) is 9.02. The highest BCUT2D eigenvalue weighted by molar-refractivity contribution is 5.67. The average molecular weight is 245 g/mol. The van der Waals surface area contributed by atoms with Crippen LogP contribution in [0.25, 0.3) is 0 Å². The summed E-state index contributed by atoms with van der Waals surface area (Å²) in [5, 5.41) is 13.9. The van der Waals surface area contributed by atoms with Crippen molar-refractivity contribution < 1.29 is 4.92 Å². The van der Waals surface area contributed by atoms with Gasteiger partial charge in [-0.05, 0) is 19.1 Å². The van der Waals surface area contributed by atoms with Crippen molar-refractivity contribution >= 4 is 23.1 Å². The molecule has 0 fully saturated rings. The van der Waals surface area contributed by atoms with Crippen molar-refractivity contribution in [1.82, 2.24) is 9.97 Å². The number of benzene rings is 1. The molecule has 1 aromatic heterocycles. The molecule has 0 saturated carbocycles. The summed E-state index contributed by atoms with van der Waals surface area (Å²) in [7, 11) is 0. The number of nitrogens with two attached hydrogens (primary N) is 1. The molecule has 7 nitrogen and oxygen atoms in total. The lowest BCUT2D eigenvalue weighted by atomic mass is 10.3. The van der Waals surface area contributed by atoms with Crippen LogP contribution in [0.3, 0.4) is 0 Å². The first kappa shape index (κ1) is 11.8. The molecule has 7 heteroatoms. The topological polar surface area (TPSA) is 107 Å². The van der Waals surface area contributed by atoms with E-state index in [2.05, 4.69) is 15.3 Å². The van der Waals surface area contributed by atoms with Crippen molar-refractivity contribution in [3.8, 4) is 0 Å². The van der Waals surface area contributed by atoms with Crippen LogP contribution in [-0.4, -0.2) is 14.9 Å². The molecule has 0 saturated heterocycles. The van der Waals surface area contributed by atoms with Gasteiger partial charge in [-0.15, -0.1) is 0 Å². The monoisotopic (exact) mass is 245 g/mol. The Labute approximate surface area is 103 Å². The Morgan fingerprint density at radius 1 is 1.28 bits per heavy atom. The molecule has 0 amide bonds. The zero-order valence-corrected chi connectivity index (χ0v) is 9.62. The van der Waals surface area contributed by atoms with E-state index in [1.54, 1.807) is 12.1 Å². The molecule has 18 heavy (non-hydrogen) atoms. The quantitative estimate of drug-likeness (QED) is 0.632. The molecule has 0 atom stereocenters. The summed E-state index contributed by atoms with van der Waals surface area (Å²) in [6.07, 6.45) is 0. The zero-order valence-electron chi connectivity index (χ0n) is 9.62. The Morgan fingerprint density at radius 2 is 1.94 bits per heavy atom. The van der Waals surface area contributed by atoms with E-state index in [4.69, 9.17) is 5.73 Å². The van der Waals surface area contributed by atoms with Crippen molar-refractivity contribution in [3.63, 3.8) is 0 Å². The SMILES string of the molecule is Cc1nc(N)nc(Nc2ccccc2)c1[N+](=O)[O-]. The molecule has 0 spiro atoms. The van der Waals surface area contributed by atoms with Gasteiger partial charge < -0.3 is 11.1 Å². The third-order valence-electron chi connectivity index (χ3n) is 2.29. The largest absolute Gasteiger partial charge is 0.368 e. The first-order valence-corrected chi connectivity index (χ1v) is 5.18. The van der Waals surface area contributed by atoms with Crippen molar-refractivity contribution in [3.05, 3.63) is 46.1 Å². The number of nitrogens with zero attached hydrogens (tertiary/aromatic N) is 3. The summed E-state index contributed by atoms with van der Waals surface area (Å²) in [5.41, 5.74) is 6.24. The maximum Gasteiger partial charge on any atom is 0.332 e. The van der Waals surface area contributed by atoms with E-state index in [9.17, 15) is 10.1 Å². The third kappa shape index (κ3) is 2.34. The van der Waals surface area contributed by atoms with Gasteiger partial charge in [-0.25, -0.2) is 4.98 Å². The van der Waals surface area contributed by atoms with Gasteiger partial charge in [0.1, 0.15) is 5.69 Å². The van der Waals surface area contributed by atoms with Gasteiger partial charge in [0.25, 0.3) is 0 Å². The molecule has 1 heterocycles. The predicted molar refractivity (Wildman–Crippen MR) is 67.6 cm³/mol. The van der Waals surface area contributed by atoms with Crippen molar-refractivity contribution in [2.24, 2.45) is 0 Å². The van der Waals surface area contributed by atoms with E-state index in [1.807, 2.05) is 18.2 Å². The summed E-state index contributed by atoms with van der Waals surface area (Å²) in [4.78, 5) is 18.1. The molecule has 0 bridgehead atoms. The number of aryl methyl sites for hydroxylation is 1. The van der Waals surface area contributed by atoms with E-state index in [0.717, 1.165) is 0 Å². The molecular weight excluding hydrogens is 234 g/mol. The normalized spacial score (nSPS) is 10.1. The Bertz CT molecular complexity index is 585. The molecule has 2 aromatic rings. The third-order valence-corrected chi connectivity index (χ3v) is 2.29. The number of aromatic nitrogens is 2. The lowest BCUT2D eigenvalue weighted by Gasteiger charge is -2.07. The van der Waals surface area contributed by atoms with Gasteiger partial charge in [0.15, 0.2) is 0 Å². The number of para-hydroxylation sites is 1. The van der Waals surface area contributed by atoms with E-state index in [-0.39, 0.29) is 23.1 Å². The van der Waals surface area contributed by atoms with Gasteiger partial charge in [0.05, 0.1) is 4.92 Å². The smallest absolute Gasteiger partial charge is 0.332 e. The van der Waals surface area contributed by atoms with Crippen LogP contribution in [0.5, 0.6) is 0 Å². The number of hydrogen-bond donors (Lipinski definition) is 2. The molecule has 0 aliphatic rings. The highest BCUT2D eigenvalue weighted by atomic mass is 16.6. The van der Waals surface area contributed by atoms with Crippen molar-refractivity contribution in [2.45, 2.75) is 6.92 Å². The number of rotatable bonds is 3. The number of anilines is 3. The van der Waals surface area contributed by atoms with Crippen LogP contribution in [-0.2, 0) is 0 Å². The first-order chi connectivity index (χ1) is 8.58. The van der Waals surface area contributed by atoms with E-state index < -0.39 is 4.92 Å². The summed E-state index contributed by atoms with van der Waals surface area (Å²) < 4.78 is 0. The molecular formula is C11H11N5O2. The van der Waals surface area contributed by atoms with Gasteiger partial charge in [0.2, 0.25) is 11.8 Å². The molecule has 2 rings (SSSR count). The lowest BCUT2D eigenvalue weighted by Crippen LogP contribution is -2.06. The average Bonchev–Trinajstić information content (AvgIpc) is 2.28. The fraction of sp³-hybridized carbons (Fsp3) is 0.0909. The number of hydrogen-bond acceptors (Lipinski definition) is 6. The summed E-state index contributed by atoms with van der Waals surface area (Å²) in [6.45, 7) is 1.52. The zero-order chi connectivity index (χ0) is 13.1. The first-order valence-electron chi connectivity index (χ1n) is 5.18. The minimum Gasteiger partial charge on any atom is -0.368 e. The van der Waals surface area contributed by atoms with Gasteiger partial charge in [-0.2, -0.15) is 4.98 Å². The van der Waals surface area contributed by atoms with E-state index >= 15 is 0 Å². The van der Waals surface area contributed by atoms with Crippen LogP contribution in [0.2, 0.25) is 0 Å². The minimum absolute atomic E-state index is 0.00321. The Morgan fingerprint density at radius 3 is 2.56 bits per heavy atom. The van der Waals surface area contributed by atoms with Crippen LogP contribution in [0, 0.1) is 17.0 Å². The van der Waals surface area contributed by atoms with Crippen LogP contribution >= 0.6 is 0 Å². The second kappa shape index (κ2) is 4.66. The fourth-order valence-electron chi connectivity index (χ4n) is 1.55. The maximum absolute atomic E-state index is 11.0. The summed E-state index contributed by atoms with van der Waals surface area (Å²) in [5.74, 6) is 0.0905. The van der Waals surface area contributed by atoms with E-state index in [1.165, 1.54) is 6.92 Å². The predicted octanol–water partition coefficient (Wildman–Crippen LogP) is 2.02. The van der Waals surface area contributed by atoms with Gasteiger partial charge in [-0.3, -0.25) is 10.1 Å². The molecule has 0 unspecified atom stereocenters. The molecule has 3 N–H and O–H groups in total. The molecule has 0 radical (unpaired) electrons. The molecule has 0 aliphatic heterocycles. The standard InChI is InChI=1S/C11H11N5O2/c1-7-9(16(17)18)10(15-11(12)13-7)14-8-5-3-2-4-6-8/h2-6H,1H3,(H3,12,13,14,15). The van der Waals surface area contributed by atoms with Crippen molar-refractivity contribution in [2.75, 3.05) is 11.1 Å². The Balaban J connectivity index is 2.46. The maximum atomic E-state index is 11.0. The molecule has 1 aromatic carbocycles. The lowest BCUT2D eigenvalue weighted by molar-refractivity contribution is -0.385. The van der Waals surface area contributed by atoms with Gasteiger partial charge >= 0.3 is 5.69 Å². The Hall–Kier alpha value is -2.70. The van der Waals surface area contributed by atoms with Crippen LogP contribution < -0.4 is 11.1 Å². The highest BCUT2D eigenvalue weighted by Crippen LogP contribution is 2.28. The van der Waals surface area contributed by atoms with Crippen LogP contribution in [0.1, 0.15) is 5.69 Å². The summed E-state index contributed by atoms with van der Waals surface area (Å²) >= 11 is 0. The van der Waals surface area contributed by atoms with Crippen molar-refractivity contribution in [1.29, 1.82) is 0 Å². The number of nitro groups is 1. The van der Waals surface area contributed by atoms with Gasteiger partial charge in [-0.1, -0.05) is 18.2 Å². The van der Waals surface area contributed by atoms with Gasteiger partial charge in [0, 0.05) is 5.69 Å². The van der Waals surface area contributed by atoms with Crippen LogP contribution in [0.15, 0.2) is 30.3 Å². The molecule has 92 valence electrons. The minimum atomic E-state index is -0.528. The fourth-order valence-corrected chi connectivity index (χ4v) is 1.55. The number of nitrogens with one attached hydrogen (secondary N) is 1. The van der Waals surface area contributed by atoms with E-state index in [0.29, 0.717) is 5.69 Å². The second-order valence-electron chi connectivity index (χ2n) is 3.61. The number of nitrogen functional groups attached to an aromatic ring is 1. The second-order valence-corrected chi connectivity index (χ2v) is 3.61. The highest BCUT2D eigenvalue weighted by Gasteiger charge is 2.21. The Kier molecular flexibility index (Phi) is 3.05.